The van der Waals surface area contributed by atoms with Crippen molar-refractivity contribution >= 4 is 58.8 Å². The zero-order valence-corrected chi connectivity index (χ0v) is 16.5. The third-order valence-corrected chi connectivity index (χ3v) is 4.77. The fourth-order valence-electron chi connectivity index (χ4n) is 2.54. The minimum Gasteiger partial charge on any atom is -0.314 e. The zero-order valence-electron chi connectivity index (χ0n) is 13.2. The molecule has 0 bridgehead atoms. The van der Waals surface area contributed by atoms with Crippen LogP contribution in [-0.4, -0.2) is 61.1 Å². The number of likely N-dealkylation sites (N-methyl/N-ethyl adjacent to an activating group) is 1. The van der Waals surface area contributed by atoms with Crippen LogP contribution in [0.2, 0.25) is 0 Å². The number of para-hydroxylation sites is 1. The Morgan fingerprint density at radius 2 is 1.87 bits per heavy atom. The van der Waals surface area contributed by atoms with E-state index in [1.165, 1.54) is 22.8 Å². The van der Waals surface area contributed by atoms with E-state index in [2.05, 4.69) is 46.4 Å². The largest absolute Gasteiger partial charge is 0.314 e. The van der Waals surface area contributed by atoms with Crippen LogP contribution in [-0.2, 0) is 6.54 Å². The van der Waals surface area contributed by atoms with E-state index in [4.69, 9.17) is 4.98 Å². The van der Waals surface area contributed by atoms with Gasteiger partial charge in [0.05, 0.1) is 16.8 Å². The van der Waals surface area contributed by atoms with Gasteiger partial charge in [0.2, 0.25) is 0 Å². The van der Waals surface area contributed by atoms with Gasteiger partial charge in [-0.1, -0.05) is 12.1 Å². The Bertz CT molecular complexity index is 527. The van der Waals surface area contributed by atoms with Crippen LogP contribution in [0.25, 0.3) is 10.2 Å². The number of benzene rings is 1. The lowest BCUT2D eigenvalue weighted by molar-refractivity contribution is 0.202. The second-order valence-corrected chi connectivity index (χ2v) is 6.52. The lowest BCUT2D eigenvalue weighted by Crippen LogP contribution is -2.45. The predicted molar refractivity (Wildman–Crippen MR) is 107 cm³/mol. The highest BCUT2D eigenvalue weighted by molar-refractivity contribution is 7.18. The van der Waals surface area contributed by atoms with Crippen molar-refractivity contribution in [3.63, 3.8) is 0 Å². The first-order valence-electron chi connectivity index (χ1n) is 7.27. The van der Waals surface area contributed by atoms with Crippen LogP contribution in [0, 0.1) is 0 Å². The predicted octanol–water partition coefficient (Wildman–Crippen LogP) is 2.90. The number of rotatable bonds is 5. The Balaban J connectivity index is 0.00000161. The van der Waals surface area contributed by atoms with E-state index in [0.29, 0.717) is 0 Å². The molecule has 23 heavy (non-hydrogen) atoms. The molecule has 2 heterocycles. The normalized spacial score (nSPS) is 14.9. The molecule has 3 rings (SSSR count). The molecule has 0 atom stereocenters. The monoisotopic (exact) mass is 398 g/mol. The maximum atomic E-state index is 4.70. The topological polar surface area (TPSA) is 31.4 Å². The van der Waals surface area contributed by atoms with Crippen molar-refractivity contribution in [2.45, 2.75) is 6.54 Å². The number of fused-ring (bicyclic) bond motifs is 1. The molecule has 0 saturated carbocycles. The molecule has 132 valence electrons. The second-order valence-electron chi connectivity index (χ2n) is 5.40. The Hall–Kier alpha value is -0.140. The summed E-state index contributed by atoms with van der Waals surface area (Å²) in [6.45, 7) is 7.82. The van der Waals surface area contributed by atoms with Crippen molar-refractivity contribution in [1.29, 1.82) is 0 Å². The quantitative estimate of drug-likeness (QED) is 0.837. The summed E-state index contributed by atoms with van der Waals surface area (Å²) in [5, 5.41) is 4.61. The van der Waals surface area contributed by atoms with Crippen LogP contribution in [0.5, 0.6) is 0 Å². The summed E-state index contributed by atoms with van der Waals surface area (Å²) in [4.78, 5) is 9.61. The summed E-state index contributed by atoms with van der Waals surface area (Å²) >= 11 is 1.81. The van der Waals surface area contributed by atoms with Crippen molar-refractivity contribution in [2.75, 3.05) is 46.3 Å². The standard InChI is InChI=1S/C15H22N4S.3ClH/c1-18(10-11-19-8-6-16-7-9-19)12-15-17-13-4-2-3-5-14(13)20-15;;;/h2-5,16H,6-12H2,1H3;3*1H. The van der Waals surface area contributed by atoms with Crippen molar-refractivity contribution in [3.8, 4) is 0 Å². The molecule has 8 heteroatoms. The summed E-state index contributed by atoms with van der Waals surface area (Å²) < 4.78 is 1.29. The van der Waals surface area contributed by atoms with Gasteiger partial charge in [0.15, 0.2) is 0 Å². The SMILES string of the molecule is CN(CCN1CCNCC1)Cc1nc2ccccc2s1.Cl.Cl.Cl. The highest BCUT2D eigenvalue weighted by Crippen LogP contribution is 2.22. The lowest BCUT2D eigenvalue weighted by atomic mass is 10.3. The fourth-order valence-corrected chi connectivity index (χ4v) is 3.59. The van der Waals surface area contributed by atoms with Gasteiger partial charge in [-0.05, 0) is 19.2 Å². The van der Waals surface area contributed by atoms with E-state index < -0.39 is 0 Å². The van der Waals surface area contributed by atoms with Crippen LogP contribution in [0.3, 0.4) is 0 Å². The van der Waals surface area contributed by atoms with Crippen LogP contribution in [0.15, 0.2) is 24.3 Å². The van der Waals surface area contributed by atoms with Gasteiger partial charge in [0.1, 0.15) is 5.01 Å². The van der Waals surface area contributed by atoms with E-state index in [9.17, 15) is 0 Å². The number of hydrogen-bond donors (Lipinski definition) is 1. The zero-order chi connectivity index (χ0) is 13.8. The molecule has 0 amide bonds. The average molecular weight is 400 g/mol. The molecule has 1 aliphatic heterocycles. The van der Waals surface area contributed by atoms with E-state index in [1.54, 1.807) is 0 Å². The minimum atomic E-state index is 0. The highest BCUT2D eigenvalue weighted by atomic mass is 35.5. The lowest BCUT2D eigenvalue weighted by Gasteiger charge is -2.28. The van der Waals surface area contributed by atoms with Crippen LogP contribution < -0.4 is 5.32 Å². The van der Waals surface area contributed by atoms with Gasteiger partial charge in [-0.15, -0.1) is 48.6 Å². The maximum absolute atomic E-state index is 4.70. The molecule has 1 aromatic heterocycles. The average Bonchev–Trinajstić information content (AvgIpc) is 2.88. The summed E-state index contributed by atoms with van der Waals surface area (Å²) in [7, 11) is 2.19. The first-order valence-corrected chi connectivity index (χ1v) is 8.09. The number of hydrogen-bond acceptors (Lipinski definition) is 5. The molecule has 4 nitrogen and oxygen atoms in total. The molecule has 1 fully saturated rings. The first kappa shape index (κ1) is 22.9. The van der Waals surface area contributed by atoms with Crippen molar-refractivity contribution in [2.24, 2.45) is 0 Å². The second kappa shape index (κ2) is 11.4. The van der Waals surface area contributed by atoms with Crippen LogP contribution in [0.4, 0.5) is 0 Å². The summed E-state index contributed by atoms with van der Waals surface area (Å²) in [6.07, 6.45) is 0. The van der Waals surface area contributed by atoms with Crippen LogP contribution in [0.1, 0.15) is 5.01 Å². The number of nitrogens with zero attached hydrogens (tertiary/aromatic N) is 3. The third kappa shape index (κ3) is 6.70. The molecule has 0 spiro atoms. The number of nitrogens with one attached hydrogen (secondary N) is 1. The maximum Gasteiger partial charge on any atom is 0.108 e. The van der Waals surface area contributed by atoms with E-state index in [0.717, 1.165) is 38.2 Å². The van der Waals surface area contributed by atoms with Gasteiger partial charge in [0, 0.05) is 39.3 Å². The van der Waals surface area contributed by atoms with E-state index in [1.807, 2.05) is 11.3 Å². The molecular weight excluding hydrogens is 375 g/mol. The van der Waals surface area contributed by atoms with E-state index >= 15 is 0 Å². The molecule has 1 N–H and O–H groups in total. The molecule has 0 radical (unpaired) electrons. The highest BCUT2D eigenvalue weighted by Gasteiger charge is 2.11. The minimum absolute atomic E-state index is 0. The Morgan fingerprint density at radius 3 is 2.57 bits per heavy atom. The summed E-state index contributed by atoms with van der Waals surface area (Å²) in [5.74, 6) is 0. The van der Waals surface area contributed by atoms with Crippen LogP contribution >= 0.6 is 48.6 Å². The van der Waals surface area contributed by atoms with Gasteiger partial charge in [0.25, 0.3) is 0 Å². The molecule has 1 saturated heterocycles. The molecule has 0 unspecified atom stereocenters. The van der Waals surface area contributed by atoms with Gasteiger partial charge in [-0.3, -0.25) is 9.80 Å². The van der Waals surface area contributed by atoms with Gasteiger partial charge in [-0.2, -0.15) is 0 Å². The summed E-state index contributed by atoms with van der Waals surface area (Å²) in [5.41, 5.74) is 1.13. The fraction of sp³-hybridized carbons (Fsp3) is 0.533. The van der Waals surface area contributed by atoms with Gasteiger partial charge in [-0.25, -0.2) is 4.98 Å². The van der Waals surface area contributed by atoms with Crippen molar-refractivity contribution in [1.82, 2.24) is 20.1 Å². The number of aromatic nitrogens is 1. The first-order chi connectivity index (χ1) is 9.81. The van der Waals surface area contributed by atoms with Crippen molar-refractivity contribution < 1.29 is 0 Å². The Labute approximate surface area is 160 Å². The number of thiazole rings is 1. The molecule has 1 aliphatic rings. The van der Waals surface area contributed by atoms with Crippen molar-refractivity contribution in [3.05, 3.63) is 29.3 Å². The smallest absolute Gasteiger partial charge is 0.108 e. The molecule has 2 aromatic rings. The van der Waals surface area contributed by atoms with E-state index in [-0.39, 0.29) is 37.2 Å². The van der Waals surface area contributed by atoms with Gasteiger partial charge < -0.3 is 5.32 Å². The number of halogens is 3. The van der Waals surface area contributed by atoms with Gasteiger partial charge >= 0.3 is 0 Å². The third-order valence-electron chi connectivity index (χ3n) is 3.75. The molecule has 0 aliphatic carbocycles. The molecule has 1 aromatic carbocycles. The number of piperazine rings is 1. The summed E-state index contributed by atoms with van der Waals surface area (Å²) in [6, 6.07) is 8.38. The molecular formula is C15H25Cl3N4S. The Kier molecular flexibility index (Phi) is 11.4. The Morgan fingerprint density at radius 1 is 1.17 bits per heavy atom.